The Morgan fingerprint density at radius 1 is 0.558 bits per heavy atom. The van der Waals surface area contributed by atoms with Crippen molar-refractivity contribution in [2.75, 3.05) is 4.90 Å². The predicted molar refractivity (Wildman–Crippen MR) is 220 cm³/mol. The fourth-order valence-electron chi connectivity index (χ4n) is 6.80. The number of hydrogen-bond acceptors (Lipinski definition) is 2. The van der Waals surface area contributed by atoms with Crippen LogP contribution in [0.5, 0.6) is 0 Å². The minimum atomic E-state index is -1.63. The molecule has 10 rings (SSSR count). The van der Waals surface area contributed by atoms with Crippen LogP contribution >= 0.6 is 0 Å². The third-order valence-corrected chi connectivity index (χ3v) is 9.22. The summed E-state index contributed by atoms with van der Waals surface area (Å²) >= 11 is 0. The Labute approximate surface area is 324 Å². The lowest BCUT2D eigenvalue weighted by Gasteiger charge is -2.28. The Balaban J connectivity index is 1.31. The predicted octanol–water partition coefficient (Wildman–Crippen LogP) is 14.2. The van der Waals surface area contributed by atoms with Crippen LogP contribution in [-0.4, -0.2) is 0 Å². The summed E-state index contributed by atoms with van der Waals surface area (Å²) in [6.07, 6.45) is -3.24. The SMILES string of the molecule is [2H]C1=C([2H])C([2H])C([2H])c2c([2H])c([2H])c([2H])c(-c3c([2H])c([2H])c(N(c4ccccc4-c4cccc5oc6cc7ccccc7cc6c45)c4c([2H])c([2H])c(-c5ccccc5)c([2H])c4[2H])c([2H])c3[2H])c21. The van der Waals surface area contributed by atoms with Gasteiger partial charge in [0.25, 0.3) is 0 Å². The minimum absolute atomic E-state index is 0.00299. The van der Waals surface area contributed by atoms with E-state index in [1.807, 2.05) is 48.5 Å². The zero-order valence-corrected chi connectivity index (χ0v) is 27.4. The molecule has 0 aliphatic heterocycles. The van der Waals surface area contributed by atoms with E-state index in [1.54, 1.807) is 60.7 Å². The van der Waals surface area contributed by atoms with E-state index >= 15 is 0 Å². The number of anilines is 3. The second-order valence-electron chi connectivity index (χ2n) is 12.3. The molecule has 52 heavy (non-hydrogen) atoms. The van der Waals surface area contributed by atoms with Crippen LogP contribution in [0, 0.1) is 0 Å². The van der Waals surface area contributed by atoms with Gasteiger partial charge in [-0.1, -0.05) is 139 Å². The van der Waals surface area contributed by atoms with Gasteiger partial charge in [0.1, 0.15) is 11.2 Å². The average molecular weight is 681 g/mol. The summed E-state index contributed by atoms with van der Waals surface area (Å²) in [7, 11) is 0. The maximum absolute atomic E-state index is 9.74. The van der Waals surface area contributed by atoms with Crippen LogP contribution in [0.1, 0.15) is 38.1 Å². The van der Waals surface area contributed by atoms with Gasteiger partial charge in [-0.15, -0.1) is 0 Å². The number of benzene rings is 8. The lowest BCUT2D eigenvalue weighted by atomic mass is 9.90. The van der Waals surface area contributed by atoms with E-state index in [0.717, 1.165) is 16.2 Å². The molecular formula is C50H35NO. The number of rotatable bonds is 6. The van der Waals surface area contributed by atoms with Gasteiger partial charge in [0, 0.05) is 30.5 Å². The smallest absolute Gasteiger partial charge is 0.136 e. The highest BCUT2D eigenvalue weighted by Crippen LogP contribution is 2.46. The molecule has 0 N–H and O–H groups in total. The monoisotopic (exact) mass is 680 g/mol. The number of para-hydroxylation sites is 1. The van der Waals surface area contributed by atoms with Gasteiger partial charge < -0.3 is 9.32 Å². The first-order chi connectivity index (χ1) is 32.0. The first kappa shape index (κ1) is 18.6. The lowest BCUT2D eigenvalue weighted by molar-refractivity contribution is 0.669. The van der Waals surface area contributed by atoms with E-state index in [2.05, 4.69) is 0 Å². The Kier molecular flexibility index (Phi) is 4.50. The van der Waals surface area contributed by atoms with Crippen LogP contribution in [0.2, 0.25) is 0 Å². The first-order valence-electron chi connectivity index (χ1n) is 24.4. The molecule has 246 valence electrons. The van der Waals surface area contributed by atoms with Gasteiger partial charge in [0.05, 0.1) is 23.5 Å². The molecule has 2 nitrogen and oxygen atoms in total. The van der Waals surface area contributed by atoms with Crippen molar-refractivity contribution in [3.63, 3.8) is 0 Å². The number of nitrogens with zero attached hydrogens (tertiary/aromatic N) is 1. The Bertz CT molecular complexity index is 3570. The molecule has 0 amide bonds. The van der Waals surface area contributed by atoms with Crippen LogP contribution < -0.4 is 4.90 Å². The van der Waals surface area contributed by atoms with E-state index in [0.29, 0.717) is 33.2 Å². The van der Waals surface area contributed by atoms with Crippen LogP contribution in [0.4, 0.5) is 17.1 Å². The van der Waals surface area contributed by atoms with E-state index in [1.165, 1.54) is 4.90 Å². The molecule has 0 bridgehead atoms. The highest BCUT2D eigenvalue weighted by Gasteiger charge is 2.21. The molecule has 2 unspecified atom stereocenters. The summed E-state index contributed by atoms with van der Waals surface area (Å²) in [6.45, 7) is 0. The molecule has 1 aliphatic rings. The molecule has 8 aromatic carbocycles. The first-order valence-corrected chi connectivity index (χ1v) is 16.7. The quantitative estimate of drug-likeness (QED) is 0.174. The van der Waals surface area contributed by atoms with Gasteiger partial charge in [-0.3, -0.25) is 0 Å². The van der Waals surface area contributed by atoms with Crippen molar-refractivity contribution in [3.05, 3.63) is 193 Å². The highest BCUT2D eigenvalue weighted by atomic mass is 16.3. The maximum Gasteiger partial charge on any atom is 0.136 e. The largest absolute Gasteiger partial charge is 0.456 e. The molecule has 1 aromatic heterocycles. The summed E-state index contributed by atoms with van der Waals surface area (Å²) in [6, 6.07) is 24.0. The second kappa shape index (κ2) is 12.6. The van der Waals surface area contributed by atoms with Gasteiger partial charge in [-0.25, -0.2) is 0 Å². The summed E-state index contributed by atoms with van der Waals surface area (Å²) in [5, 5.41) is 3.36. The second-order valence-corrected chi connectivity index (χ2v) is 12.3. The van der Waals surface area contributed by atoms with Crippen LogP contribution in [0.25, 0.3) is 72.1 Å². The van der Waals surface area contributed by atoms with Crippen molar-refractivity contribution in [3.8, 4) is 33.4 Å². The molecule has 0 fully saturated rings. The average Bonchev–Trinajstić information content (AvgIpc) is 3.70. The number of allylic oxidation sites excluding steroid dienone is 1. The van der Waals surface area contributed by atoms with E-state index in [-0.39, 0.29) is 22.4 Å². The van der Waals surface area contributed by atoms with E-state index in [4.69, 9.17) is 14.0 Å². The summed E-state index contributed by atoms with van der Waals surface area (Å²) in [5.74, 6) is 0. The number of hydrogen-bond donors (Lipinski definition) is 0. The topological polar surface area (TPSA) is 16.4 Å². The summed E-state index contributed by atoms with van der Waals surface area (Å²) in [5.41, 5.74) is 0.0841. The van der Waals surface area contributed by atoms with Gasteiger partial charge >= 0.3 is 0 Å². The molecule has 9 aromatic rings. The standard InChI is InChI=1S/C50H35NO/c1-2-12-34(13-3-1)35-24-28-40(29-25-35)51(41-30-26-37(27-31-41)43-20-10-17-36-14-6-7-18-42(36)43)47-22-9-8-19-44(47)45-21-11-23-48-50(45)46-32-38-15-4-5-16-39(38)33-49(46)52-48/h1-5,7-13,15-33H,6,14H2/i6D,7D,10D,14D,17D,18D,20D,24D,25D,26D,27D,28D,29D,30D,31D. The summed E-state index contributed by atoms with van der Waals surface area (Å²) in [4.78, 5) is 1.19. The van der Waals surface area contributed by atoms with Crippen LogP contribution in [-0.2, 0) is 6.40 Å². The zero-order valence-electron chi connectivity index (χ0n) is 42.4. The van der Waals surface area contributed by atoms with Crippen molar-refractivity contribution in [2.45, 2.75) is 12.8 Å². The Morgan fingerprint density at radius 2 is 1.25 bits per heavy atom. The molecule has 1 aliphatic carbocycles. The number of furan rings is 1. The maximum atomic E-state index is 9.74. The molecule has 2 atom stereocenters. The minimum Gasteiger partial charge on any atom is -0.456 e. The molecular weight excluding hydrogens is 631 g/mol. The van der Waals surface area contributed by atoms with Crippen molar-refractivity contribution in [1.82, 2.24) is 0 Å². The normalized spacial score (nSPS) is 19.7. The fraction of sp³-hybridized carbons (Fsp3) is 0.0400. The molecule has 2 heteroatoms. The van der Waals surface area contributed by atoms with Crippen molar-refractivity contribution in [2.24, 2.45) is 0 Å². The van der Waals surface area contributed by atoms with Crippen molar-refractivity contribution in [1.29, 1.82) is 0 Å². The van der Waals surface area contributed by atoms with Crippen LogP contribution in [0.15, 0.2) is 186 Å². The Morgan fingerprint density at radius 3 is 2.06 bits per heavy atom. The molecule has 0 spiro atoms. The van der Waals surface area contributed by atoms with E-state index in [9.17, 15) is 11.0 Å². The summed E-state index contributed by atoms with van der Waals surface area (Å²) < 4.78 is 144. The number of fused-ring (bicyclic) bond motifs is 5. The van der Waals surface area contributed by atoms with Gasteiger partial charge in [-0.2, -0.15) is 0 Å². The van der Waals surface area contributed by atoms with Crippen molar-refractivity contribution < 1.29 is 25.0 Å². The van der Waals surface area contributed by atoms with E-state index < -0.39 is 114 Å². The third-order valence-electron chi connectivity index (χ3n) is 9.22. The van der Waals surface area contributed by atoms with Gasteiger partial charge in [0.15, 0.2) is 0 Å². The van der Waals surface area contributed by atoms with Crippen LogP contribution in [0.3, 0.4) is 0 Å². The fourth-order valence-corrected chi connectivity index (χ4v) is 6.80. The van der Waals surface area contributed by atoms with Gasteiger partial charge in [0.2, 0.25) is 0 Å². The molecule has 1 heterocycles. The van der Waals surface area contributed by atoms with Gasteiger partial charge in [-0.05, 0) is 111 Å². The lowest BCUT2D eigenvalue weighted by Crippen LogP contribution is -2.11. The molecule has 0 saturated heterocycles. The third kappa shape index (κ3) is 5.20. The highest BCUT2D eigenvalue weighted by molar-refractivity contribution is 6.16. The Hall–Kier alpha value is -6.64. The van der Waals surface area contributed by atoms with Crippen molar-refractivity contribution >= 4 is 55.8 Å². The zero-order chi connectivity index (χ0) is 47.5. The molecule has 0 saturated carbocycles. The molecule has 0 radical (unpaired) electrons.